The van der Waals surface area contributed by atoms with Gasteiger partial charge in [0.1, 0.15) is 11.5 Å². The normalized spacial score (nSPS) is 25.1. The second kappa shape index (κ2) is 10.1. The molecule has 12 heteroatoms. The number of allylic oxidation sites excluding steroid dienone is 2. The first kappa shape index (κ1) is 29.9. The number of fused-ring (bicyclic) bond motifs is 3. The first-order valence-corrected chi connectivity index (χ1v) is 12.9. The average Bonchev–Trinajstić information content (AvgIpc) is 2.83. The fourth-order valence-electron chi connectivity index (χ4n) is 6.31. The number of rotatable bonds is 7. The number of hydrogen-bond donors (Lipinski definition) is 4. The molecule has 3 aliphatic carbocycles. The third kappa shape index (κ3) is 4.54. The van der Waals surface area contributed by atoms with Gasteiger partial charge in [-0.05, 0) is 56.6 Å². The van der Waals surface area contributed by atoms with E-state index in [0.717, 1.165) is 6.92 Å². The SMILES string of the molecule is CCCc1cc(CNCC(F)(F)C(F)(F)F)c(O)c2c1C[C@H]1C[C@H]3CC(C)=C(C(C)=O)C(=O)[C@@]3(O)C(O)=C1C2=O. The van der Waals surface area contributed by atoms with Crippen LogP contribution in [0.5, 0.6) is 5.75 Å². The van der Waals surface area contributed by atoms with Crippen LogP contribution in [0, 0.1) is 11.8 Å². The van der Waals surface area contributed by atoms with Crippen molar-refractivity contribution in [2.45, 2.75) is 77.1 Å². The van der Waals surface area contributed by atoms with Crippen LogP contribution in [0.2, 0.25) is 0 Å². The number of carbonyl (C=O) groups is 3. The van der Waals surface area contributed by atoms with E-state index in [1.54, 1.807) is 6.92 Å². The predicted octanol–water partition coefficient (Wildman–Crippen LogP) is 4.43. The van der Waals surface area contributed by atoms with Gasteiger partial charge in [-0.15, -0.1) is 0 Å². The Balaban J connectivity index is 1.78. The minimum Gasteiger partial charge on any atom is -0.508 e. The highest BCUT2D eigenvalue weighted by atomic mass is 19.4. The van der Waals surface area contributed by atoms with Crippen LogP contribution in [0.1, 0.15) is 67.1 Å². The molecule has 0 aromatic heterocycles. The lowest BCUT2D eigenvalue weighted by Crippen LogP contribution is -2.56. The summed E-state index contributed by atoms with van der Waals surface area (Å²) in [5.74, 6) is -10.4. The average molecular weight is 572 g/mol. The summed E-state index contributed by atoms with van der Waals surface area (Å²) in [6.07, 6.45) is -4.32. The van der Waals surface area contributed by atoms with E-state index in [0.29, 0.717) is 29.5 Å². The molecular weight excluding hydrogens is 541 g/mol. The van der Waals surface area contributed by atoms with Gasteiger partial charge in [-0.1, -0.05) is 25.0 Å². The van der Waals surface area contributed by atoms with Crippen LogP contribution in [-0.2, 0) is 29.0 Å². The maximum atomic E-state index is 13.8. The van der Waals surface area contributed by atoms with Gasteiger partial charge in [0.05, 0.1) is 17.7 Å². The van der Waals surface area contributed by atoms with E-state index in [4.69, 9.17) is 0 Å². The van der Waals surface area contributed by atoms with Gasteiger partial charge in [-0.25, -0.2) is 0 Å². The Hall–Kier alpha value is -3.12. The van der Waals surface area contributed by atoms with Crippen molar-refractivity contribution in [3.63, 3.8) is 0 Å². The van der Waals surface area contributed by atoms with E-state index < -0.39 is 71.5 Å². The van der Waals surface area contributed by atoms with Gasteiger partial charge in [0.25, 0.3) is 0 Å². The van der Waals surface area contributed by atoms with Crippen molar-refractivity contribution in [1.29, 1.82) is 0 Å². The molecule has 0 aliphatic heterocycles. The second-order valence-electron chi connectivity index (χ2n) is 10.9. The highest BCUT2D eigenvalue weighted by Gasteiger charge is 2.59. The fourth-order valence-corrected chi connectivity index (χ4v) is 6.31. The standard InChI is InChI=1S/C28H30F5NO6/c1-4-5-14-7-16(10-34-11-26(29,30)28(31,32)33)22(36)21-18(14)9-15-8-17-6-12(2)19(13(3)35)24(38)27(17,40)25(39)20(15)23(21)37/h7,15,17,34,36,39-40H,4-6,8-11H2,1-3H3/t15-,17-,27-/m1/s1. The van der Waals surface area contributed by atoms with Crippen LogP contribution >= 0.6 is 0 Å². The number of carbonyl (C=O) groups excluding carboxylic acids is 3. The van der Waals surface area contributed by atoms with Crippen molar-refractivity contribution in [3.8, 4) is 5.75 Å². The second-order valence-corrected chi connectivity index (χ2v) is 10.9. The van der Waals surface area contributed by atoms with Crippen LogP contribution in [0.3, 0.4) is 0 Å². The monoisotopic (exact) mass is 571 g/mol. The lowest BCUT2D eigenvalue weighted by atomic mass is 9.59. The van der Waals surface area contributed by atoms with Crippen LogP contribution in [0.25, 0.3) is 0 Å². The van der Waals surface area contributed by atoms with Gasteiger partial charge in [-0.2, -0.15) is 22.0 Å². The van der Waals surface area contributed by atoms with Gasteiger partial charge >= 0.3 is 12.1 Å². The van der Waals surface area contributed by atoms with Crippen LogP contribution < -0.4 is 5.32 Å². The van der Waals surface area contributed by atoms with Gasteiger partial charge in [0, 0.05) is 23.6 Å². The number of aromatic hydroxyl groups is 1. The number of Topliss-reactive ketones (excluding diaryl/α,β-unsaturated/α-hetero) is 3. The number of phenols is 1. The van der Waals surface area contributed by atoms with Gasteiger partial charge in [-0.3, -0.25) is 14.4 Å². The molecule has 0 saturated heterocycles. The number of aryl methyl sites for hydroxylation is 1. The van der Waals surface area contributed by atoms with E-state index in [9.17, 15) is 51.7 Å². The van der Waals surface area contributed by atoms with Gasteiger partial charge in [0.2, 0.25) is 5.78 Å². The Morgan fingerprint density at radius 3 is 2.35 bits per heavy atom. The van der Waals surface area contributed by atoms with E-state index in [1.165, 1.54) is 6.07 Å². The van der Waals surface area contributed by atoms with Gasteiger partial charge < -0.3 is 20.6 Å². The van der Waals surface area contributed by atoms with E-state index >= 15 is 0 Å². The number of phenolic OH excluding ortho intramolecular Hbond substituents is 1. The Bertz CT molecular complexity index is 1360. The summed E-state index contributed by atoms with van der Waals surface area (Å²) in [7, 11) is 0. The molecule has 0 fully saturated rings. The molecule has 4 N–H and O–H groups in total. The zero-order valence-corrected chi connectivity index (χ0v) is 22.1. The summed E-state index contributed by atoms with van der Waals surface area (Å²) in [5.41, 5.74) is -1.86. The van der Waals surface area contributed by atoms with Crippen molar-refractivity contribution in [3.05, 3.63) is 50.8 Å². The van der Waals surface area contributed by atoms with Gasteiger partial charge in [0.15, 0.2) is 17.2 Å². The Kier molecular flexibility index (Phi) is 7.51. The van der Waals surface area contributed by atoms with Crippen molar-refractivity contribution in [2.24, 2.45) is 11.8 Å². The van der Waals surface area contributed by atoms with Crippen LogP contribution in [0.15, 0.2) is 28.5 Å². The molecule has 0 radical (unpaired) electrons. The molecular formula is C28H30F5NO6. The minimum absolute atomic E-state index is 0.0920. The molecule has 0 bridgehead atoms. The molecule has 3 aliphatic rings. The summed E-state index contributed by atoms with van der Waals surface area (Å²) in [6.45, 7) is 2.24. The Labute approximate surface area is 226 Å². The summed E-state index contributed by atoms with van der Waals surface area (Å²) in [5, 5.41) is 35.7. The summed E-state index contributed by atoms with van der Waals surface area (Å²) in [4.78, 5) is 39.2. The molecule has 0 spiro atoms. The highest BCUT2D eigenvalue weighted by molar-refractivity contribution is 6.25. The summed E-state index contributed by atoms with van der Waals surface area (Å²) in [6, 6.07) is 1.47. The molecule has 218 valence electrons. The maximum absolute atomic E-state index is 13.8. The van der Waals surface area contributed by atoms with E-state index in [2.05, 4.69) is 0 Å². The zero-order valence-electron chi connectivity index (χ0n) is 22.1. The van der Waals surface area contributed by atoms with Crippen LogP contribution in [0.4, 0.5) is 22.0 Å². The highest BCUT2D eigenvalue weighted by Crippen LogP contribution is 2.52. The largest absolute Gasteiger partial charge is 0.508 e. The van der Waals surface area contributed by atoms with Crippen LogP contribution in [-0.4, -0.2) is 56.9 Å². The van der Waals surface area contributed by atoms with E-state index in [1.807, 2.05) is 12.2 Å². The minimum atomic E-state index is -5.77. The number of halogens is 5. The molecule has 4 rings (SSSR count). The number of nitrogens with one attached hydrogen (secondary N) is 1. The van der Waals surface area contributed by atoms with E-state index in [-0.39, 0.29) is 41.5 Å². The number of aliphatic hydroxyl groups is 2. The summed E-state index contributed by atoms with van der Waals surface area (Å²) >= 11 is 0. The first-order chi connectivity index (χ1) is 18.5. The molecule has 1 aromatic rings. The molecule has 7 nitrogen and oxygen atoms in total. The first-order valence-electron chi connectivity index (χ1n) is 12.9. The topological polar surface area (TPSA) is 124 Å². The molecule has 0 unspecified atom stereocenters. The maximum Gasteiger partial charge on any atom is 0.454 e. The molecule has 0 heterocycles. The van der Waals surface area contributed by atoms with Crippen molar-refractivity contribution >= 4 is 17.3 Å². The smallest absolute Gasteiger partial charge is 0.454 e. The molecule has 0 amide bonds. The summed E-state index contributed by atoms with van der Waals surface area (Å²) < 4.78 is 64.5. The molecule has 40 heavy (non-hydrogen) atoms. The van der Waals surface area contributed by atoms with Crippen molar-refractivity contribution in [1.82, 2.24) is 5.32 Å². The Morgan fingerprint density at radius 2 is 1.77 bits per heavy atom. The molecule has 1 aromatic carbocycles. The zero-order chi connectivity index (χ0) is 29.9. The number of hydrogen-bond acceptors (Lipinski definition) is 7. The lowest BCUT2D eigenvalue weighted by Gasteiger charge is -2.46. The number of ketones is 3. The molecule has 3 atom stereocenters. The third-order valence-electron chi connectivity index (χ3n) is 8.19. The number of aliphatic hydroxyl groups excluding tert-OH is 1. The predicted molar refractivity (Wildman–Crippen MR) is 132 cm³/mol. The number of benzene rings is 1. The Morgan fingerprint density at radius 1 is 1.12 bits per heavy atom. The fraction of sp³-hybridized carbons (Fsp3) is 0.536. The van der Waals surface area contributed by atoms with Crippen molar-refractivity contribution in [2.75, 3.05) is 6.54 Å². The third-order valence-corrected chi connectivity index (χ3v) is 8.19. The number of alkyl halides is 5. The lowest BCUT2D eigenvalue weighted by molar-refractivity contribution is -0.279. The molecule has 0 saturated carbocycles. The van der Waals surface area contributed by atoms with Crippen molar-refractivity contribution < 1.29 is 51.7 Å². The quantitative estimate of drug-likeness (QED) is 0.282.